The number of nitrogens with zero attached hydrogens (tertiary/aromatic N) is 1. The third-order valence-corrected chi connectivity index (χ3v) is 5.00. The van der Waals surface area contributed by atoms with Crippen LogP contribution in [0.5, 0.6) is 0 Å². The van der Waals surface area contributed by atoms with Gasteiger partial charge in [0.1, 0.15) is 5.58 Å². The van der Waals surface area contributed by atoms with Gasteiger partial charge in [-0.1, -0.05) is 78.9 Å². The third kappa shape index (κ3) is 2.87. The van der Waals surface area contributed by atoms with E-state index in [4.69, 9.17) is 9.41 Å². The predicted molar refractivity (Wildman–Crippen MR) is 114 cm³/mol. The standard InChI is InChI=1S/C25H17NO2/c27-25-24-21(20-13-7-8-14-23(20)28-25)15-19(17-9-3-1-4-10-17)16-22(26-24)18-11-5-2-6-12-18/h1-15H,16H2. The van der Waals surface area contributed by atoms with Crippen LogP contribution in [0, 0.1) is 0 Å². The molecular weight excluding hydrogens is 346 g/mol. The minimum Gasteiger partial charge on any atom is -0.421 e. The van der Waals surface area contributed by atoms with E-state index in [-0.39, 0.29) is 0 Å². The fourth-order valence-corrected chi connectivity index (χ4v) is 3.63. The Kier molecular flexibility index (Phi) is 3.99. The largest absolute Gasteiger partial charge is 0.421 e. The van der Waals surface area contributed by atoms with Gasteiger partial charge in [0.2, 0.25) is 0 Å². The van der Waals surface area contributed by atoms with Gasteiger partial charge >= 0.3 is 5.63 Å². The lowest BCUT2D eigenvalue weighted by Crippen LogP contribution is -2.04. The lowest BCUT2D eigenvalue weighted by molar-refractivity contribution is 0.562. The molecule has 0 radical (unpaired) electrons. The molecule has 0 fully saturated rings. The van der Waals surface area contributed by atoms with E-state index in [1.807, 2.05) is 72.8 Å². The van der Waals surface area contributed by atoms with Gasteiger partial charge in [-0.15, -0.1) is 0 Å². The number of fused-ring (bicyclic) bond motifs is 3. The van der Waals surface area contributed by atoms with Crippen LogP contribution in [0.2, 0.25) is 0 Å². The van der Waals surface area contributed by atoms with Gasteiger partial charge < -0.3 is 4.42 Å². The van der Waals surface area contributed by atoms with Crippen molar-refractivity contribution >= 4 is 34.0 Å². The van der Waals surface area contributed by atoms with Crippen LogP contribution in [-0.2, 0) is 0 Å². The molecule has 0 bridgehead atoms. The fourth-order valence-electron chi connectivity index (χ4n) is 3.63. The molecule has 2 heterocycles. The maximum absolute atomic E-state index is 12.7. The number of benzene rings is 3. The Morgan fingerprint density at radius 2 is 1.39 bits per heavy atom. The van der Waals surface area contributed by atoms with Crippen LogP contribution in [0.3, 0.4) is 0 Å². The van der Waals surface area contributed by atoms with Gasteiger partial charge in [0, 0.05) is 17.4 Å². The van der Waals surface area contributed by atoms with Crippen LogP contribution < -0.4 is 5.63 Å². The van der Waals surface area contributed by atoms with E-state index in [2.05, 4.69) is 18.2 Å². The number of hydrogen-bond donors (Lipinski definition) is 0. The van der Waals surface area contributed by atoms with Crippen molar-refractivity contribution in [3.63, 3.8) is 0 Å². The molecule has 0 N–H and O–H groups in total. The van der Waals surface area contributed by atoms with E-state index >= 15 is 0 Å². The molecule has 28 heavy (non-hydrogen) atoms. The van der Waals surface area contributed by atoms with Crippen LogP contribution in [0.15, 0.2) is 99.1 Å². The zero-order chi connectivity index (χ0) is 18.9. The van der Waals surface area contributed by atoms with E-state index in [0.717, 1.165) is 33.4 Å². The van der Waals surface area contributed by atoms with Gasteiger partial charge in [0.15, 0.2) is 5.69 Å². The number of para-hydroxylation sites is 1. The zero-order valence-electron chi connectivity index (χ0n) is 15.1. The van der Waals surface area contributed by atoms with Crippen LogP contribution >= 0.6 is 0 Å². The summed E-state index contributed by atoms with van der Waals surface area (Å²) < 4.78 is 5.55. The van der Waals surface area contributed by atoms with E-state index in [0.29, 0.717) is 17.7 Å². The molecule has 3 heteroatoms. The Labute approximate surface area is 162 Å². The summed E-state index contributed by atoms with van der Waals surface area (Å²) in [5, 5.41) is 0.892. The van der Waals surface area contributed by atoms with Crippen LogP contribution in [0.4, 0.5) is 5.69 Å². The average molecular weight is 363 g/mol. The van der Waals surface area contributed by atoms with Crippen molar-refractivity contribution < 1.29 is 4.42 Å². The van der Waals surface area contributed by atoms with E-state index < -0.39 is 5.63 Å². The topological polar surface area (TPSA) is 42.6 Å². The monoisotopic (exact) mass is 363 g/mol. The highest BCUT2D eigenvalue weighted by atomic mass is 16.4. The van der Waals surface area contributed by atoms with Crippen LogP contribution in [-0.4, -0.2) is 5.71 Å². The van der Waals surface area contributed by atoms with Crippen molar-refractivity contribution in [2.24, 2.45) is 4.99 Å². The Morgan fingerprint density at radius 1 is 0.750 bits per heavy atom. The van der Waals surface area contributed by atoms with E-state index in [9.17, 15) is 4.79 Å². The van der Waals surface area contributed by atoms with Gasteiger partial charge in [0.25, 0.3) is 0 Å². The van der Waals surface area contributed by atoms with Gasteiger partial charge in [-0.25, -0.2) is 9.79 Å². The second kappa shape index (κ2) is 6.78. The van der Waals surface area contributed by atoms with E-state index in [1.54, 1.807) is 0 Å². The second-order valence-corrected chi connectivity index (χ2v) is 6.78. The second-order valence-electron chi connectivity index (χ2n) is 6.78. The van der Waals surface area contributed by atoms with Crippen molar-refractivity contribution in [2.45, 2.75) is 6.42 Å². The van der Waals surface area contributed by atoms with Gasteiger partial charge in [-0.2, -0.15) is 0 Å². The first-order chi connectivity index (χ1) is 13.8. The number of hydrogen-bond acceptors (Lipinski definition) is 3. The maximum Gasteiger partial charge on any atom is 0.363 e. The van der Waals surface area contributed by atoms with Crippen molar-refractivity contribution in [2.75, 3.05) is 0 Å². The highest BCUT2D eigenvalue weighted by Gasteiger charge is 2.20. The van der Waals surface area contributed by atoms with Crippen LogP contribution in [0.25, 0.3) is 22.6 Å². The summed E-state index contributed by atoms with van der Waals surface area (Å²) in [6.07, 6.45) is 2.72. The molecule has 3 aromatic carbocycles. The number of rotatable bonds is 2. The summed E-state index contributed by atoms with van der Waals surface area (Å²) in [6, 6.07) is 27.8. The smallest absolute Gasteiger partial charge is 0.363 e. The van der Waals surface area contributed by atoms with Crippen LogP contribution in [0.1, 0.15) is 23.1 Å². The Balaban J connectivity index is 1.84. The molecule has 0 aliphatic carbocycles. The van der Waals surface area contributed by atoms with Crippen molar-refractivity contribution in [3.05, 3.63) is 112 Å². The number of aliphatic imine (C=N–C) groups is 1. The summed E-state index contributed by atoms with van der Waals surface area (Å²) in [4.78, 5) is 17.5. The molecular formula is C25H17NO2. The Hall–Kier alpha value is -3.72. The normalized spacial score (nSPS) is 13.4. The lowest BCUT2D eigenvalue weighted by Gasteiger charge is -2.09. The maximum atomic E-state index is 12.7. The predicted octanol–water partition coefficient (Wildman–Crippen LogP) is 5.86. The summed E-state index contributed by atoms with van der Waals surface area (Å²) in [5.74, 6) is 0. The molecule has 4 aromatic rings. The quantitative estimate of drug-likeness (QED) is 0.419. The molecule has 0 saturated carbocycles. The highest BCUT2D eigenvalue weighted by molar-refractivity contribution is 6.12. The number of allylic oxidation sites excluding steroid dienone is 1. The Bertz CT molecular complexity index is 1280. The molecule has 0 unspecified atom stereocenters. The molecule has 1 aliphatic rings. The van der Waals surface area contributed by atoms with Gasteiger partial charge in [0.05, 0.1) is 5.71 Å². The Morgan fingerprint density at radius 3 is 2.14 bits per heavy atom. The third-order valence-electron chi connectivity index (χ3n) is 5.00. The first-order valence-electron chi connectivity index (χ1n) is 9.24. The van der Waals surface area contributed by atoms with E-state index in [1.165, 1.54) is 0 Å². The first kappa shape index (κ1) is 16.5. The first-order valence-corrected chi connectivity index (χ1v) is 9.24. The van der Waals surface area contributed by atoms with Crippen molar-refractivity contribution in [1.29, 1.82) is 0 Å². The van der Waals surface area contributed by atoms with Gasteiger partial charge in [-0.05, 0) is 28.8 Å². The summed E-state index contributed by atoms with van der Waals surface area (Å²) >= 11 is 0. The lowest BCUT2D eigenvalue weighted by atomic mass is 9.95. The summed E-state index contributed by atoms with van der Waals surface area (Å²) in [7, 11) is 0. The molecule has 0 saturated heterocycles. The highest BCUT2D eigenvalue weighted by Crippen LogP contribution is 2.35. The molecule has 0 amide bonds. The molecule has 1 aliphatic heterocycles. The van der Waals surface area contributed by atoms with Gasteiger partial charge in [-0.3, -0.25) is 0 Å². The molecule has 0 spiro atoms. The zero-order valence-corrected chi connectivity index (χ0v) is 15.1. The minimum atomic E-state index is -0.410. The molecule has 134 valence electrons. The molecule has 3 nitrogen and oxygen atoms in total. The minimum absolute atomic E-state index is 0.364. The average Bonchev–Trinajstić information content (AvgIpc) is 2.96. The summed E-state index contributed by atoms with van der Waals surface area (Å²) in [5.41, 5.74) is 5.46. The van der Waals surface area contributed by atoms with Crippen molar-refractivity contribution in [1.82, 2.24) is 0 Å². The SMILES string of the molecule is O=c1oc2ccccc2c2c1N=C(c1ccccc1)CC(c1ccccc1)=C2. The fraction of sp³-hybridized carbons (Fsp3) is 0.0400. The molecule has 5 rings (SSSR count). The summed E-state index contributed by atoms with van der Waals surface area (Å²) in [6.45, 7) is 0. The molecule has 1 aromatic heterocycles. The molecule has 0 atom stereocenters. The van der Waals surface area contributed by atoms with Crippen molar-refractivity contribution in [3.8, 4) is 0 Å².